The fourth-order valence-electron chi connectivity index (χ4n) is 5.40. The second kappa shape index (κ2) is 9.67. The average molecular weight is 405 g/mol. The molecule has 0 bridgehead atoms. The third kappa shape index (κ3) is 5.25. The molecule has 3 N–H and O–H groups in total. The van der Waals surface area contributed by atoms with Gasteiger partial charge in [-0.15, -0.1) is 0 Å². The van der Waals surface area contributed by atoms with Gasteiger partial charge in [0.1, 0.15) is 0 Å². The monoisotopic (exact) mass is 404 g/mol. The Labute approximate surface area is 176 Å². The number of benzene rings is 1. The predicted octanol–water partition coefficient (Wildman–Crippen LogP) is 3.71. The summed E-state index contributed by atoms with van der Waals surface area (Å²) >= 11 is 0. The third-order valence-corrected chi connectivity index (χ3v) is 7.27. The maximum Gasteiger partial charge on any atom is 0.160 e. The summed E-state index contributed by atoms with van der Waals surface area (Å²) in [6.45, 7) is 6.62. The molecule has 1 aromatic rings. The summed E-state index contributed by atoms with van der Waals surface area (Å²) in [4.78, 5) is 2.62. The molecule has 1 heterocycles. The molecular formula is C24H40N2O3. The van der Waals surface area contributed by atoms with E-state index in [1.54, 1.807) is 12.1 Å². The maximum atomic E-state index is 11.3. The van der Waals surface area contributed by atoms with Crippen molar-refractivity contribution in [3.05, 3.63) is 23.8 Å². The fraction of sp³-hybridized carbons (Fsp3) is 0.750. The molecule has 1 aromatic carbocycles. The number of methoxy groups -OCH3 is 1. The van der Waals surface area contributed by atoms with E-state index < -0.39 is 5.60 Å². The predicted molar refractivity (Wildman–Crippen MR) is 118 cm³/mol. The lowest BCUT2D eigenvalue weighted by Gasteiger charge is -2.55. The molecule has 4 rings (SSSR count). The third-order valence-electron chi connectivity index (χ3n) is 7.27. The van der Waals surface area contributed by atoms with Gasteiger partial charge < -0.3 is 20.3 Å². The lowest BCUT2D eigenvalue weighted by atomic mass is 9.65. The first kappa shape index (κ1) is 22.4. The Morgan fingerprint density at radius 1 is 1.24 bits per heavy atom. The molecule has 5 nitrogen and oxygen atoms in total. The first-order valence-electron chi connectivity index (χ1n) is 11.4. The first-order valence-corrected chi connectivity index (χ1v) is 11.4. The van der Waals surface area contributed by atoms with Crippen LogP contribution in [0.4, 0.5) is 0 Å². The van der Waals surface area contributed by atoms with Gasteiger partial charge in [-0.25, -0.2) is 0 Å². The Bertz CT molecular complexity index is 664. The van der Waals surface area contributed by atoms with Crippen molar-refractivity contribution in [1.82, 2.24) is 10.2 Å². The van der Waals surface area contributed by atoms with Crippen molar-refractivity contribution in [1.29, 1.82) is 0 Å². The van der Waals surface area contributed by atoms with Crippen molar-refractivity contribution in [2.24, 2.45) is 11.8 Å². The van der Waals surface area contributed by atoms with Crippen molar-refractivity contribution in [3.8, 4) is 11.5 Å². The van der Waals surface area contributed by atoms with Crippen LogP contribution in [0.5, 0.6) is 11.5 Å². The van der Waals surface area contributed by atoms with E-state index >= 15 is 0 Å². The Morgan fingerprint density at radius 3 is 2.59 bits per heavy atom. The number of aliphatic hydroxyl groups is 1. The van der Waals surface area contributed by atoms with Gasteiger partial charge in [-0.2, -0.15) is 0 Å². The van der Waals surface area contributed by atoms with Crippen molar-refractivity contribution >= 4 is 0 Å². The molecule has 3 unspecified atom stereocenters. The second-order valence-corrected chi connectivity index (χ2v) is 9.27. The summed E-state index contributed by atoms with van der Waals surface area (Å²) in [6, 6.07) is 6.32. The number of hydrogen-bond acceptors (Lipinski definition) is 5. The molecule has 2 saturated carbocycles. The van der Waals surface area contributed by atoms with E-state index in [0.29, 0.717) is 23.8 Å². The number of nitrogens with zero attached hydrogens (tertiary/aromatic N) is 1. The van der Waals surface area contributed by atoms with Crippen LogP contribution in [0.2, 0.25) is 0 Å². The maximum absolute atomic E-state index is 11.3. The summed E-state index contributed by atoms with van der Waals surface area (Å²) in [5.74, 6) is 2.16. The van der Waals surface area contributed by atoms with Gasteiger partial charge in [-0.3, -0.25) is 4.90 Å². The van der Waals surface area contributed by atoms with Gasteiger partial charge in [-0.05, 0) is 95.0 Å². The second-order valence-electron chi connectivity index (χ2n) is 9.27. The number of phenols is 1. The number of piperidine rings is 1. The highest BCUT2D eigenvalue weighted by Crippen LogP contribution is 2.45. The van der Waals surface area contributed by atoms with E-state index in [1.165, 1.54) is 45.9 Å². The molecule has 3 fully saturated rings. The standard InChI is InChI=1S/C16H30N2O.C8H10O2/c1-3-15-16(19)8-6-14(17-2)10-13(16)7-9-18(15)11-12-4-5-12;1-6-3-4-8(10-2)7(9)5-6/h12-15,17,19H,3-11H2,1-2H3;3-5,9H,1-2H3/t13?,14?,15-,16?;/m1./s1. The van der Waals surface area contributed by atoms with Gasteiger partial charge in [0, 0.05) is 18.6 Å². The fourth-order valence-corrected chi connectivity index (χ4v) is 5.40. The Kier molecular flexibility index (Phi) is 7.47. The number of likely N-dealkylation sites (tertiary alicyclic amines) is 1. The zero-order valence-electron chi connectivity index (χ0n) is 18.7. The van der Waals surface area contributed by atoms with E-state index in [-0.39, 0.29) is 5.75 Å². The summed E-state index contributed by atoms with van der Waals surface area (Å²) < 4.78 is 4.85. The Morgan fingerprint density at radius 2 is 2.00 bits per heavy atom. The number of aromatic hydroxyl groups is 1. The lowest BCUT2D eigenvalue weighted by molar-refractivity contribution is -0.146. The molecule has 1 saturated heterocycles. The summed E-state index contributed by atoms with van der Waals surface area (Å²) in [7, 11) is 3.60. The minimum atomic E-state index is -0.408. The number of rotatable bonds is 5. The summed E-state index contributed by atoms with van der Waals surface area (Å²) in [6.07, 6.45) is 8.41. The van der Waals surface area contributed by atoms with Crippen LogP contribution in [0.25, 0.3) is 0 Å². The smallest absolute Gasteiger partial charge is 0.160 e. The molecule has 0 amide bonds. The molecule has 2 aliphatic carbocycles. The number of phenolic OH excluding ortho intramolecular Hbond substituents is 1. The molecule has 0 aromatic heterocycles. The van der Waals surface area contributed by atoms with Crippen LogP contribution >= 0.6 is 0 Å². The van der Waals surface area contributed by atoms with E-state index in [4.69, 9.17) is 9.84 Å². The van der Waals surface area contributed by atoms with Gasteiger partial charge in [-0.1, -0.05) is 13.0 Å². The molecule has 0 spiro atoms. The van der Waals surface area contributed by atoms with E-state index in [0.717, 1.165) is 30.7 Å². The topological polar surface area (TPSA) is 65.0 Å². The molecular weight excluding hydrogens is 364 g/mol. The van der Waals surface area contributed by atoms with Crippen LogP contribution in [-0.4, -0.2) is 60.0 Å². The van der Waals surface area contributed by atoms with Gasteiger partial charge in [0.15, 0.2) is 11.5 Å². The Hall–Kier alpha value is -1.30. The van der Waals surface area contributed by atoms with E-state index in [2.05, 4.69) is 24.2 Å². The van der Waals surface area contributed by atoms with Gasteiger partial charge in [0.2, 0.25) is 0 Å². The molecule has 3 aliphatic rings. The summed E-state index contributed by atoms with van der Waals surface area (Å²) in [5, 5.41) is 23.9. The van der Waals surface area contributed by atoms with E-state index in [9.17, 15) is 5.11 Å². The minimum Gasteiger partial charge on any atom is -0.504 e. The van der Waals surface area contributed by atoms with Crippen LogP contribution in [0, 0.1) is 18.8 Å². The SMILES string of the molecule is CC[C@H]1N(CC2CC2)CCC2CC(NC)CCC21O.COc1ccc(C)cc1O. The van der Waals surface area contributed by atoms with Gasteiger partial charge in [0.25, 0.3) is 0 Å². The van der Waals surface area contributed by atoms with E-state index in [1.807, 2.05) is 13.0 Å². The van der Waals surface area contributed by atoms with Crippen molar-refractivity contribution < 1.29 is 14.9 Å². The minimum absolute atomic E-state index is 0.197. The number of aryl methyl sites for hydroxylation is 1. The van der Waals surface area contributed by atoms with Crippen LogP contribution in [-0.2, 0) is 0 Å². The zero-order chi connectivity index (χ0) is 21.0. The molecule has 29 heavy (non-hydrogen) atoms. The van der Waals surface area contributed by atoms with Crippen LogP contribution in [0.15, 0.2) is 18.2 Å². The number of hydrogen-bond donors (Lipinski definition) is 3. The first-order chi connectivity index (χ1) is 13.9. The zero-order valence-corrected chi connectivity index (χ0v) is 18.7. The largest absolute Gasteiger partial charge is 0.504 e. The normalized spacial score (nSPS) is 32.1. The molecule has 5 heteroatoms. The van der Waals surface area contributed by atoms with Crippen molar-refractivity contribution in [2.45, 2.75) is 76.5 Å². The highest BCUT2D eigenvalue weighted by atomic mass is 16.5. The highest BCUT2D eigenvalue weighted by molar-refractivity contribution is 5.41. The van der Waals surface area contributed by atoms with Gasteiger partial charge in [0.05, 0.1) is 12.7 Å². The molecule has 1 aliphatic heterocycles. The average Bonchev–Trinajstić information content (AvgIpc) is 3.52. The van der Waals surface area contributed by atoms with Crippen LogP contribution in [0.3, 0.4) is 0 Å². The number of ether oxygens (including phenoxy) is 1. The Balaban J connectivity index is 0.000000204. The summed E-state index contributed by atoms with van der Waals surface area (Å²) in [5.41, 5.74) is 0.619. The van der Waals surface area contributed by atoms with Gasteiger partial charge >= 0.3 is 0 Å². The molecule has 4 atom stereocenters. The van der Waals surface area contributed by atoms with Crippen molar-refractivity contribution in [2.75, 3.05) is 27.2 Å². The molecule has 0 radical (unpaired) electrons. The lowest BCUT2D eigenvalue weighted by Crippen LogP contribution is -2.64. The van der Waals surface area contributed by atoms with Crippen LogP contribution < -0.4 is 10.1 Å². The van der Waals surface area contributed by atoms with Crippen LogP contribution in [0.1, 0.15) is 57.4 Å². The number of nitrogens with one attached hydrogen (secondary N) is 1. The molecule has 164 valence electrons. The quantitative estimate of drug-likeness (QED) is 0.698. The van der Waals surface area contributed by atoms with Crippen molar-refractivity contribution in [3.63, 3.8) is 0 Å². The number of fused-ring (bicyclic) bond motifs is 1. The highest BCUT2D eigenvalue weighted by Gasteiger charge is 2.51.